The molecule has 0 aromatic rings. The molecule has 0 saturated heterocycles. The molecule has 0 radical (unpaired) electrons. The van der Waals surface area contributed by atoms with Crippen LogP contribution < -0.4 is 0 Å². The zero-order chi connectivity index (χ0) is 25.6. The SMILES string of the molecule is C=CCCCCCC1CCCCC1C.CCC(C)(C)CC.CCCCCCC(C)(CC)CC. The average molecular weight is 465 g/mol. The van der Waals surface area contributed by atoms with E-state index in [9.17, 15) is 0 Å². The van der Waals surface area contributed by atoms with Gasteiger partial charge in [-0.15, -0.1) is 6.58 Å². The lowest BCUT2D eigenvalue weighted by molar-refractivity contribution is 0.236. The minimum atomic E-state index is 0.583. The Kier molecular flexibility index (Phi) is 23.5. The second-order valence-electron chi connectivity index (χ2n) is 12.1. The molecule has 200 valence electrons. The van der Waals surface area contributed by atoms with Crippen molar-refractivity contribution < 1.29 is 0 Å². The predicted molar refractivity (Wildman–Crippen MR) is 156 cm³/mol. The fraction of sp³-hybridized carbons (Fsp3) is 0.939. The van der Waals surface area contributed by atoms with Crippen LogP contribution in [0.4, 0.5) is 0 Å². The molecule has 2 unspecified atom stereocenters. The van der Waals surface area contributed by atoms with Gasteiger partial charge in [0, 0.05) is 0 Å². The van der Waals surface area contributed by atoms with Crippen LogP contribution >= 0.6 is 0 Å². The van der Waals surface area contributed by atoms with Crippen molar-refractivity contribution in [3.05, 3.63) is 12.7 Å². The molecular formula is C33H68. The molecule has 33 heavy (non-hydrogen) atoms. The van der Waals surface area contributed by atoms with Gasteiger partial charge in [-0.1, -0.05) is 165 Å². The van der Waals surface area contributed by atoms with Gasteiger partial charge >= 0.3 is 0 Å². The van der Waals surface area contributed by atoms with E-state index < -0.39 is 0 Å². The summed E-state index contributed by atoms with van der Waals surface area (Å²) >= 11 is 0. The lowest BCUT2D eigenvalue weighted by atomic mass is 9.78. The van der Waals surface area contributed by atoms with Crippen LogP contribution in [0, 0.1) is 22.7 Å². The van der Waals surface area contributed by atoms with E-state index in [0.29, 0.717) is 10.8 Å². The summed E-state index contributed by atoms with van der Waals surface area (Å²) < 4.78 is 0. The molecule has 0 heterocycles. The average Bonchev–Trinajstić information content (AvgIpc) is 2.83. The summed E-state index contributed by atoms with van der Waals surface area (Å²) in [5.74, 6) is 2.05. The first-order valence-electron chi connectivity index (χ1n) is 15.3. The van der Waals surface area contributed by atoms with E-state index in [1.165, 1.54) is 116 Å². The topological polar surface area (TPSA) is 0 Å². The van der Waals surface area contributed by atoms with Gasteiger partial charge in [-0.25, -0.2) is 0 Å². The molecule has 1 rings (SSSR count). The normalized spacial score (nSPS) is 18.6. The molecule has 0 heteroatoms. The molecule has 0 amide bonds. The summed E-state index contributed by atoms with van der Waals surface area (Å²) in [6.45, 7) is 24.6. The van der Waals surface area contributed by atoms with Gasteiger partial charge in [0.15, 0.2) is 0 Å². The standard InChI is InChI=1S/C14H26.C12H26.C7H16/c1-3-4-5-6-7-11-14-12-9-8-10-13(14)2;1-5-8-9-10-11-12(4,6-2)7-3;1-5-7(3,4)6-2/h3,13-14H,1,4-12H2,2H3;5-11H2,1-4H3;5-6H2,1-4H3. The zero-order valence-corrected chi connectivity index (χ0v) is 25.2. The van der Waals surface area contributed by atoms with Gasteiger partial charge in [-0.2, -0.15) is 0 Å². The van der Waals surface area contributed by atoms with Gasteiger partial charge in [0.05, 0.1) is 0 Å². The molecule has 0 aromatic carbocycles. The minimum absolute atomic E-state index is 0.583. The molecule has 1 fully saturated rings. The van der Waals surface area contributed by atoms with Crippen molar-refractivity contribution in [3.8, 4) is 0 Å². The first-order chi connectivity index (χ1) is 15.6. The van der Waals surface area contributed by atoms with Crippen LogP contribution in [-0.4, -0.2) is 0 Å². The van der Waals surface area contributed by atoms with Crippen LogP contribution in [0.15, 0.2) is 12.7 Å². The summed E-state index contributed by atoms with van der Waals surface area (Å²) in [5.41, 5.74) is 1.22. The van der Waals surface area contributed by atoms with Crippen molar-refractivity contribution in [2.24, 2.45) is 22.7 Å². The summed E-state index contributed by atoms with van der Waals surface area (Å²) in [6.07, 6.45) is 27.3. The molecule has 0 N–H and O–H groups in total. The number of rotatable bonds is 15. The molecule has 0 nitrogen and oxygen atoms in total. The minimum Gasteiger partial charge on any atom is -0.103 e. The smallest absolute Gasteiger partial charge is 0.0331 e. The summed E-state index contributed by atoms with van der Waals surface area (Å²) in [4.78, 5) is 0. The Bertz CT molecular complexity index is 394. The fourth-order valence-electron chi connectivity index (χ4n) is 4.53. The van der Waals surface area contributed by atoms with Gasteiger partial charge in [-0.05, 0) is 41.9 Å². The van der Waals surface area contributed by atoms with Gasteiger partial charge in [0.1, 0.15) is 0 Å². The Morgan fingerprint density at radius 1 is 0.727 bits per heavy atom. The Morgan fingerprint density at radius 3 is 1.76 bits per heavy atom. The second-order valence-corrected chi connectivity index (χ2v) is 12.1. The molecule has 1 aliphatic carbocycles. The molecular weight excluding hydrogens is 396 g/mol. The second kappa shape index (κ2) is 22.2. The monoisotopic (exact) mass is 465 g/mol. The van der Waals surface area contributed by atoms with Crippen molar-refractivity contribution in [1.29, 1.82) is 0 Å². The van der Waals surface area contributed by atoms with E-state index in [2.05, 4.69) is 68.9 Å². The van der Waals surface area contributed by atoms with Crippen LogP contribution in [0.5, 0.6) is 0 Å². The van der Waals surface area contributed by atoms with Crippen LogP contribution in [0.3, 0.4) is 0 Å². The Hall–Kier alpha value is -0.260. The van der Waals surface area contributed by atoms with Gasteiger partial charge < -0.3 is 0 Å². The molecule has 0 aromatic heterocycles. The van der Waals surface area contributed by atoms with Crippen molar-refractivity contribution in [2.45, 2.75) is 178 Å². The van der Waals surface area contributed by atoms with Gasteiger partial charge in [-0.3, -0.25) is 0 Å². The van der Waals surface area contributed by atoms with Crippen molar-refractivity contribution in [3.63, 3.8) is 0 Å². The fourth-order valence-corrected chi connectivity index (χ4v) is 4.53. The van der Waals surface area contributed by atoms with E-state index in [1.807, 2.05) is 6.08 Å². The predicted octanol–water partition coefficient (Wildman–Crippen LogP) is 12.6. The van der Waals surface area contributed by atoms with E-state index in [1.54, 1.807) is 0 Å². The van der Waals surface area contributed by atoms with E-state index in [4.69, 9.17) is 0 Å². The maximum absolute atomic E-state index is 3.76. The highest BCUT2D eigenvalue weighted by Crippen LogP contribution is 2.33. The quantitative estimate of drug-likeness (QED) is 0.167. The van der Waals surface area contributed by atoms with Gasteiger partial charge in [0.2, 0.25) is 0 Å². The van der Waals surface area contributed by atoms with Crippen LogP contribution in [0.1, 0.15) is 178 Å². The highest BCUT2D eigenvalue weighted by atomic mass is 14.3. The van der Waals surface area contributed by atoms with Crippen LogP contribution in [0.2, 0.25) is 0 Å². The molecule has 0 bridgehead atoms. The molecule has 2 atom stereocenters. The van der Waals surface area contributed by atoms with E-state index >= 15 is 0 Å². The lowest BCUT2D eigenvalue weighted by Crippen LogP contribution is -2.16. The third kappa shape index (κ3) is 20.8. The van der Waals surface area contributed by atoms with E-state index in [0.717, 1.165) is 11.8 Å². The van der Waals surface area contributed by atoms with Crippen LogP contribution in [0.25, 0.3) is 0 Å². The first kappa shape index (κ1) is 34.9. The number of hydrogen-bond acceptors (Lipinski definition) is 0. The zero-order valence-electron chi connectivity index (χ0n) is 25.2. The van der Waals surface area contributed by atoms with Crippen LogP contribution in [-0.2, 0) is 0 Å². The number of allylic oxidation sites excluding steroid dienone is 1. The van der Waals surface area contributed by atoms with Crippen molar-refractivity contribution >= 4 is 0 Å². The maximum Gasteiger partial charge on any atom is -0.0331 e. The molecule has 1 saturated carbocycles. The maximum atomic E-state index is 3.76. The van der Waals surface area contributed by atoms with Crippen molar-refractivity contribution in [2.75, 3.05) is 0 Å². The lowest BCUT2D eigenvalue weighted by Gasteiger charge is -2.28. The van der Waals surface area contributed by atoms with E-state index in [-0.39, 0.29) is 0 Å². The molecule has 1 aliphatic rings. The summed E-state index contributed by atoms with van der Waals surface area (Å²) in [6, 6.07) is 0. The largest absolute Gasteiger partial charge is 0.103 e. The Labute approximate surface area is 213 Å². The summed E-state index contributed by atoms with van der Waals surface area (Å²) in [7, 11) is 0. The molecule has 0 spiro atoms. The first-order valence-corrected chi connectivity index (χ1v) is 15.3. The Balaban J connectivity index is 0. The molecule has 0 aliphatic heterocycles. The third-order valence-corrected chi connectivity index (χ3v) is 9.03. The van der Waals surface area contributed by atoms with Crippen molar-refractivity contribution in [1.82, 2.24) is 0 Å². The highest BCUT2D eigenvalue weighted by Gasteiger charge is 2.20. The van der Waals surface area contributed by atoms with Gasteiger partial charge in [0.25, 0.3) is 0 Å². The highest BCUT2D eigenvalue weighted by molar-refractivity contribution is 4.73. The third-order valence-electron chi connectivity index (χ3n) is 9.03. The summed E-state index contributed by atoms with van der Waals surface area (Å²) in [5, 5.41) is 0. The number of unbranched alkanes of at least 4 members (excludes halogenated alkanes) is 6. The Morgan fingerprint density at radius 2 is 1.30 bits per heavy atom. The number of hydrogen-bond donors (Lipinski definition) is 0.